The molecule has 0 fully saturated rings. The van der Waals surface area contributed by atoms with E-state index in [1.54, 1.807) is 0 Å². The van der Waals surface area contributed by atoms with Gasteiger partial charge in [0.05, 0.1) is 22.4 Å². The third-order valence-electron chi connectivity index (χ3n) is 3.46. The third-order valence-corrected chi connectivity index (χ3v) is 3.46. The molecular formula is C19H16N2. The lowest BCUT2D eigenvalue weighted by Crippen LogP contribution is -1.89. The van der Waals surface area contributed by atoms with Crippen LogP contribution in [-0.4, -0.2) is 9.97 Å². The molecule has 0 amide bonds. The minimum absolute atomic E-state index is 0. The monoisotopic (exact) mass is 272 g/mol. The molecule has 2 heteroatoms. The van der Waals surface area contributed by atoms with E-state index in [1.807, 2.05) is 48.5 Å². The summed E-state index contributed by atoms with van der Waals surface area (Å²) in [6, 6.07) is 24.5. The lowest BCUT2D eigenvalue weighted by Gasteiger charge is -2.04. The lowest BCUT2D eigenvalue weighted by molar-refractivity contribution is 1.32. The molecule has 0 radical (unpaired) electrons. The van der Waals surface area contributed by atoms with Crippen molar-refractivity contribution in [2.75, 3.05) is 0 Å². The summed E-state index contributed by atoms with van der Waals surface area (Å²) in [6.45, 7) is 0. The van der Waals surface area contributed by atoms with Crippen LogP contribution in [0.5, 0.6) is 0 Å². The molecule has 102 valence electrons. The Morgan fingerprint density at radius 1 is 0.476 bits per heavy atom. The van der Waals surface area contributed by atoms with Crippen LogP contribution in [0.1, 0.15) is 7.43 Å². The molecule has 0 aliphatic carbocycles. The second-order valence-electron chi connectivity index (χ2n) is 4.78. The Kier molecular flexibility index (Phi) is 3.36. The lowest BCUT2D eigenvalue weighted by atomic mass is 10.1. The maximum Gasteiger partial charge on any atom is 0.0894 e. The Hall–Kier alpha value is -2.74. The van der Waals surface area contributed by atoms with E-state index in [0.29, 0.717) is 0 Å². The quantitative estimate of drug-likeness (QED) is 0.482. The maximum absolute atomic E-state index is 4.69. The first-order valence-electron chi connectivity index (χ1n) is 6.62. The second kappa shape index (κ2) is 5.33. The van der Waals surface area contributed by atoms with E-state index < -0.39 is 0 Å². The summed E-state index contributed by atoms with van der Waals surface area (Å²) >= 11 is 0. The van der Waals surface area contributed by atoms with Crippen LogP contribution < -0.4 is 0 Å². The third kappa shape index (κ3) is 2.36. The Balaban J connectivity index is 0.00000132. The molecule has 0 saturated carbocycles. The zero-order valence-corrected chi connectivity index (χ0v) is 10.8. The van der Waals surface area contributed by atoms with Crippen molar-refractivity contribution in [2.24, 2.45) is 0 Å². The van der Waals surface area contributed by atoms with E-state index >= 15 is 0 Å². The molecule has 0 aliphatic rings. The standard InChI is InChI=1S/C18H12N2.CH4/c1-3-7-15-13(5-1)9-11-17(19-15)18-12-10-14-6-2-4-8-16(14)20-18;/h1-12H;1H4. The van der Waals surface area contributed by atoms with E-state index in [2.05, 4.69) is 34.2 Å². The van der Waals surface area contributed by atoms with Gasteiger partial charge >= 0.3 is 0 Å². The summed E-state index contributed by atoms with van der Waals surface area (Å²) < 4.78 is 0. The van der Waals surface area contributed by atoms with Gasteiger partial charge in [0.2, 0.25) is 0 Å². The van der Waals surface area contributed by atoms with E-state index in [1.165, 1.54) is 0 Å². The van der Waals surface area contributed by atoms with Gasteiger partial charge in [0, 0.05) is 10.8 Å². The fraction of sp³-hybridized carbons (Fsp3) is 0.0526. The smallest absolute Gasteiger partial charge is 0.0894 e. The fourth-order valence-corrected chi connectivity index (χ4v) is 2.42. The molecule has 0 unspecified atom stereocenters. The highest BCUT2D eigenvalue weighted by Gasteiger charge is 2.03. The maximum atomic E-state index is 4.69. The molecule has 4 aromatic rings. The number of hydrogen-bond donors (Lipinski definition) is 0. The topological polar surface area (TPSA) is 25.8 Å². The zero-order valence-electron chi connectivity index (χ0n) is 10.8. The number of hydrogen-bond acceptors (Lipinski definition) is 2. The van der Waals surface area contributed by atoms with Crippen LogP contribution in [0.4, 0.5) is 0 Å². The molecule has 2 aromatic heterocycles. The average Bonchev–Trinajstić information content (AvgIpc) is 2.54. The van der Waals surface area contributed by atoms with Crippen molar-refractivity contribution in [1.29, 1.82) is 0 Å². The molecule has 0 atom stereocenters. The first-order valence-corrected chi connectivity index (χ1v) is 6.62. The Morgan fingerprint density at radius 3 is 1.38 bits per heavy atom. The second-order valence-corrected chi connectivity index (χ2v) is 4.78. The number of para-hydroxylation sites is 2. The number of fused-ring (bicyclic) bond motifs is 2. The number of rotatable bonds is 1. The SMILES string of the molecule is C.c1ccc2nc(-c3ccc4ccccc4n3)ccc2c1. The first-order chi connectivity index (χ1) is 9.90. The van der Waals surface area contributed by atoms with Crippen molar-refractivity contribution in [3.05, 3.63) is 72.8 Å². The number of aromatic nitrogens is 2. The zero-order chi connectivity index (χ0) is 13.4. The average molecular weight is 272 g/mol. The Bertz CT molecular complexity index is 836. The van der Waals surface area contributed by atoms with Gasteiger partial charge < -0.3 is 0 Å². The van der Waals surface area contributed by atoms with Crippen molar-refractivity contribution in [3.63, 3.8) is 0 Å². The van der Waals surface area contributed by atoms with Gasteiger partial charge in [-0.15, -0.1) is 0 Å². The molecule has 2 heterocycles. The van der Waals surface area contributed by atoms with Crippen LogP contribution >= 0.6 is 0 Å². The van der Waals surface area contributed by atoms with Crippen LogP contribution in [0.2, 0.25) is 0 Å². The molecule has 0 spiro atoms. The summed E-state index contributed by atoms with van der Waals surface area (Å²) in [6.07, 6.45) is 0. The van der Waals surface area contributed by atoms with E-state index in [-0.39, 0.29) is 7.43 Å². The highest BCUT2D eigenvalue weighted by molar-refractivity contribution is 5.83. The molecule has 2 nitrogen and oxygen atoms in total. The highest BCUT2D eigenvalue weighted by atomic mass is 14.8. The van der Waals surface area contributed by atoms with Crippen molar-refractivity contribution < 1.29 is 0 Å². The summed E-state index contributed by atoms with van der Waals surface area (Å²) in [4.78, 5) is 9.38. The summed E-state index contributed by atoms with van der Waals surface area (Å²) in [5.41, 5.74) is 3.82. The van der Waals surface area contributed by atoms with Gasteiger partial charge in [-0.25, -0.2) is 9.97 Å². The highest BCUT2D eigenvalue weighted by Crippen LogP contribution is 2.21. The summed E-state index contributed by atoms with van der Waals surface area (Å²) in [5, 5.41) is 2.30. The van der Waals surface area contributed by atoms with Gasteiger partial charge in [0.25, 0.3) is 0 Å². The van der Waals surface area contributed by atoms with Gasteiger partial charge in [0.1, 0.15) is 0 Å². The molecule has 0 saturated heterocycles. The number of nitrogens with zero attached hydrogens (tertiary/aromatic N) is 2. The fourth-order valence-electron chi connectivity index (χ4n) is 2.42. The molecule has 4 rings (SSSR count). The molecule has 0 aliphatic heterocycles. The predicted octanol–water partition coefficient (Wildman–Crippen LogP) is 5.09. The van der Waals surface area contributed by atoms with E-state index in [9.17, 15) is 0 Å². The van der Waals surface area contributed by atoms with Crippen molar-refractivity contribution >= 4 is 21.8 Å². The van der Waals surface area contributed by atoms with Crippen molar-refractivity contribution in [3.8, 4) is 11.4 Å². The Morgan fingerprint density at radius 2 is 0.905 bits per heavy atom. The molecule has 0 bridgehead atoms. The number of benzene rings is 2. The van der Waals surface area contributed by atoms with Gasteiger partial charge in [-0.3, -0.25) is 0 Å². The van der Waals surface area contributed by atoms with Crippen molar-refractivity contribution in [1.82, 2.24) is 9.97 Å². The summed E-state index contributed by atoms with van der Waals surface area (Å²) in [7, 11) is 0. The minimum atomic E-state index is 0. The van der Waals surface area contributed by atoms with Crippen LogP contribution in [0.25, 0.3) is 33.2 Å². The van der Waals surface area contributed by atoms with Gasteiger partial charge in [0.15, 0.2) is 0 Å². The van der Waals surface area contributed by atoms with Gasteiger partial charge in [-0.1, -0.05) is 56.0 Å². The molecule has 21 heavy (non-hydrogen) atoms. The van der Waals surface area contributed by atoms with E-state index in [4.69, 9.17) is 0 Å². The van der Waals surface area contributed by atoms with Gasteiger partial charge in [-0.05, 0) is 24.3 Å². The van der Waals surface area contributed by atoms with Crippen molar-refractivity contribution in [2.45, 2.75) is 7.43 Å². The molecule has 2 aromatic carbocycles. The predicted molar refractivity (Wildman–Crippen MR) is 89.2 cm³/mol. The van der Waals surface area contributed by atoms with Crippen LogP contribution in [0, 0.1) is 0 Å². The molecule has 0 N–H and O–H groups in total. The minimum Gasteiger partial charge on any atom is -0.246 e. The first kappa shape index (κ1) is 13.3. The van der Waals surface area contributed by atoms with Gasteiger partial charge in [-0.2, -0.15) is 0 Å². The Labute approximate surface area is 124 Å². The normalized spacial score (nSPS) is 10.5. The van der Waals surface area contributed by atoms with Crippen LogP contribution in [0.3, 0.4) is 0 Å². The molecular weight excluding hydrogens is 256 g/mol. The number of pyridine rings is 2. The van der Waals surface area contributed by atoms with Crippen LogP contribution in [-0.2, 0) is 0 Å². The van der Waals surface area contributed by atoms with E-state index in [0.717, 1.165) is 33.2 Å². The van der Waals surface area contributed by atoms with Crippen LogP contribution in [0.15, 0.2) is 72.8 Å². The summed E-state index contributed by atoms with van der Waals surface area (Å²) in [5.74, 6) is 0. The largest absolute Gasteiger partial charge is 0.246 e.